The van der Waals surface area contributed by atoms with E-state index in [2.05, 4.69) is 20.9 Å². The Morgan fingerprint density at radius 1 is 0.939 bits per heavy atom. The van der Waals surface area contributed by atoms with Gasteiger partial charge < -0.3 is 20.9 Å². The fraction of sp³-hybridized carbons (Fsp3) is 0.231. The normalized spacial score (nSPS) is 15.1. The van der Waals surface area contributed by atoms with Gasteiger partial charge in [-0.25, -0.2) is 4.39 Å². The van der Waals surface area contributed by atoms with Crippen LogP contribution in [0.3, 0.4) is 0 Å². The van der Waals surface area contributed by atoms with Crippen LogP contribution in [0.15, 0.2) is 72.8 Å². The molecule has 1 unspecified atom stereocenters. The van der Waals surface area contributed by atoms with Gasteiger partial charge in [0.1, 0.15) is 5.82 Å². The van der Waals surface area contributed by atoms with E-state index < -0.39 is 0 Å². The quantitative estimate of drug-likeness (QED) is 0.429. The molecule has 1 aliphatic rings. The van der Waals surface area contributed by atoms with Gasteiger partial charge in [-0.1, -0.05) is 24.3 Å². The summed E-state index contributed by atoms with van der Waals surface area (Å²) >= 11 is 0. The van der Waals surface area contributed by atoms with Gasteiger partial charge in [-0.15, -0.1) is 0 Å². The van der Waals surface area contributed by atoms with Crippen molar-refractivity contribution in [3.8, 4) is 0 Å². The topological polar surface area (TPSA) is 73.5 Å². The van der Waals surface area contributed by atoms with Crippen molar-refractivity contribution in [1.82, 2.24) is 5.32 Å². The minimum Gasteiger partial charge on any atom is -0.363 e. The monoisotopic (exact) mass is 446 g/mol. The molecule has 4 rings (SSSR count). The number of hydrogen-bond donors (Lipinski definition) is 3. The molecule has 0 radical (unpaired) electrons. The zero-order chi connectivity index (χ0) is 23.0. The highest BCUT2D eigenvalue weighted by atomic mass is 19.1. The molecule has 0 aromatic heterocycles. The molecule has 0 bridgehead atoms. The standard InChI is InChI=1S/C26H27FN4O2/c27-21-7-13-24(14-8-21)31(16-19-3-9-22(10-4-19)29-18-32)17-20-5-11-23(12-6-20)30-26(33)25-2-1-15-28-25/h3-14,18,25,28H,1-2,15-17H2,(H,29,32)(H,30,33). The first-order valence-corrected chi connectivity index (χ1v) is 11.0. The van der Waals surface area contributed by atoms with E-state index in [0.29, 0.717) is 19.5 Å². The SMILES string of the molecule is O=CNc1ccc(CN(Cc2ccc(NC(=O)C3CCCN3)cc2)c2ccc(F)cc2)cc1. The Labute approximate surface area is 192 Å². The van der Waals surface area contributed by atoms with Crippen LogP contribution in [-0.2, 0) is 22.7 Å². The van der Waals surface area contributed by atoms with Gasteiger partial charge in [0, 0.05) is 30.2 Å². The number of carbonyl (C=O) groups is 2. The molecular weight excluding hydrogens is 419 g/mol. The first kappa shape index (κ1) is 22.5. The van der Waals surface area contributed by atoms with Crippen molar-refractivity contribution < 1.29 is 14.0 Å². The summed E-state index contributed by atoms with van der Waals surface area (Å²) in [6, 6.07) is 21.7. The predicted molar refractivity (Wildman–Crippen MR) is 129 cm³/mol. The van der Waals surface area contributed by atoms with E-state index in [1.165, 1.54) is 12.1 Å². The molecule has 2 amide bonds. The highest BCUT2D eigenvalue weighted by Crippen LogP contribution is 2.22. The highest BCUT2D eigenvalue weighted by molar-refractivity contribution is 5.95. The van der Waals surface area contributed by atoms with Gasteiger partial charge in [-0.2, -0.15) is 0 Å². The fourth-order valence-electron chi connectivity index (χ4n) is 3.94. The van der Waals surface area contributed by atoms with Crippen LogP contribution in [0.2, 0.25) is 0 Å². The minimum atomic E-state index is -0.278. The van der Waals surface area contributed by atoms with Crippen LogP contribution in [0.1, 0.15) is 24.0 Å². The van der Waals surface area contributed by atoms with E-state index in [4.69, 9.17) is 0 Å². The molecule has 6 nitrogen and oxygen atoms in total. The van der Waals surface area contributed by atoms with Gasteiger partial charge in [-0.05, 0) is 79.0 Å². The summed E-state index contributed by atoms with van der Waals surface area (Å²) in [4.78, 5) is 25.1. The fourth-order valence-corrected chi connectivity index (χ4v) is 3.94. The number of carbonyl (C=O) groups excluding carboxylic acids is 2. The second kappa shape index (κ2) is 10.7. The third-order valence-corrected chi connectivity index (χ3v) is 5.72. The number of nitrogens with zero attached hydrogens (tertiary/aromatic N) is 1. The Morgan fingerprint density at radius 3 is 2.09 bits per heavy atom. The third kappa shape index (κ3) is 6.17. The number of rotatable bonds is 9. The molecular formula is C26H27FN4O2. The van der Waals surface area contributed by atoms with Crippen LogP contribution in [-0.4, -0.2) is 24.9 Å². The van der Waals surface area contributed by atoms with Crippen molar-refractivity contribution >= 4 is 29.4 Å². The summed E-state index contributed by atoms with van der Waals surface area (Å²) in [6.45, 7) is 2.10. The molecule has 1 aliphatic heterocycles. The zero-order valence-corrected chi connectivity index (χ0v) is 18.3. The maximum Gasteiger partial charge on any atom is 0.241 e. The molecule has 0 spiro atoms. The second-order valence-corrected chi connectivity index (χ2v) is 8.13. The second-order valence-electron chi connectivity index (χ2n) is 8.13. The average molecular weight is 447 g/mol. The van der Waals surface area contributed by atoms with Crippen molar-refractivity contribution in [3.05, 3.63) is 89.7 Å². The van der Waals surface area contributed by atoms with Gasteiger partial charge in [0.05, 0.1) is 6.04 Å². The van der Waals surface area contributed by atoms with E-state index in [0.717, 1.165) is 47.6 Å². The van der Waals surface area contributed by atoms with Crippen LogP contribution in [0, 0.1) is 5.82 Å². The first-order valence-electron chi connectivity index (χ1n) is 11.0. The number of benzene rings is 3. The largest absolute Gasteiger partial charge is 0.363 e. The lowest BCUT2D eigenvalue weighted by molar-refractivity contribution is -0.117. The molecule has 0 saturated carbocycles. The van der Waals surface area contributed by atoms with Crippen molar-refractivity contribution in [2.75, 3.05) is 22.1 Å². The number of amides is 2. The van der Waals surface area contributed by atoms with Gasteiger partial charge in [0.15, 0.2) is 0 Å². The third-order valence-electron chi connectivity index (χ3n) is 5.72. The molecule has 7 heteroatoms. The minimum absolute atomic E-state index is 0.000652. The molecule has 1 fully saturated rings. The Bertz CT molecular complexity index is 1060. The van der Waals surface area contributed by atoms with Crippen LogP contribution in [0.4, 0.5) is 21.5 Å². The summed E-state index contributed by atoms with van der Waals surface area (Å²) in [7, 11) is 0. The smallest absolute Gasteiger partial charge is 0.241 e. The van der Waals surface area contributed by atoms with Crippen molar-refractivity contribution in [2.45, 2.75) is 32.0 Å². The maximum absolute atomic E-state index is 13.5. The number of hydrogen-bond acceptors (Lipinski definition) is 4. The number of nitrogens with one attached hydrogen (secondary N) is 3. The number of halogens is 1. The molecule has 33 heavy (non-hydrogen) atoms. The van der Waals surface area contributed by atoms with Crippen LogP contribution in [0.25, 0.3) is 0 Å². The Morgan fingerprint density at radius 2 is 1.55 bits per heavy atom. The lowest BCUT2D eigenvalue weighted by atomic mass is 10.1. The summed E-state index contributed by atoms with van der Waals surface area (Å²) in [6.07, 6.45) is 2.53. The molecule has 3 N–H and O–H groups in total. The predicted octanol–water partition coefficient (Wildman–Crippen LogP) is 4.29. The zero-order valence-electron chi connectivity index (χ0n) is 18.3. The van der Waals surface area contributed by atoms with E-state index in [-0.39, 0.29) is 17.8 Å². The summed E-state index contributed by atoms with van der Waals surface area (Å²) in [5.41, 5.74) is 4.52. The van der Waals surface area contributed by atoms with Crippen molar-refractivity contribution in [2.24, 2.45) is 0 Å². The van der Waals surface area contributed by atoms with Crippen LogP contribution >= 0.6 is 0 Å². The van der Waals surface area contributed by atoms with Gasteiger partial charge >= 0.3 is 0 Å². The lowest BCUT2D eigenvalue weighted by Crippen LogP contribution is -2.35. The molecule has 1 atom stereocenters. The van der Waals surface area contributed by atoms with Crippen LogP contribution < -0.4 is 20.9 Å². The van der Waals surface area contributed by atoms with Gasteiger partial charge in [-0.3, -0.25) is 9.59 Å². The molecule has 1 heterocycles. The number of anilines is 3. The van der Waals surface area contributed by atoms with Crippen LogP contribution in [0.5, 0.6) is 0 Å². The molecule has 3 aromatic carbocycles. The summed E-state index contributed by atoms with van der Waals surface area (Å²) < 4.78 is 13.5. The van der Waals surface area contributed by atoms with E-state index in [1.54, 1.807) is 12.1 Å². The average Bonchev–Trinajstić information content (AvgIpc) is 3.37. The van der Waals surface area contributed by atoms with E-state index in [9.17, 15) is 14.0 Å². The molecule has 3 aromatic rings. The van der Waals surface area contributed by atoms with Crippen molar-refractivity contribution in [1.29, 1.82) is 0 Å². The van der Waals surface area contributed by atoms with Crippen molar-refractivity contribution in [3.63, 3.8) is 0 Å². The summed E-state index contributed by atoms with van der Waals surface area (Å²) in [5, 5.41) is 8.81. The Kier molecular flexibility index (Phi) is 7.32. The Balaban J connectivity index is 1.46. The lowest BCUT2D eigenvalue weighted by Gasteiger charge is -2.25. The maximum atomic E-state index is 13.5. The molecule has 170 valence electrons. The van der Waals surface area contributed by atoms with Gasteiger partial charge in [0.2, 0.25) is 12.3 Å². The van der Waals surface area contributed by atoms with Gasteiger partial charge in [0.25, 0.3) is 0 Å². The van der Waals surface area contributed by atoms with E-state index in [1.807, 2.05) is 48.5 Å². The van der Waals surface area contributed by atoms with E-state index >= 15 is 0 Å². The first-order chi connectivity index (χ1) is 16.1. The Hall–Kier alpha value is -3.71. The molecule has 1 saturated heterocycles. The summed E-state index contributed by atoms with van der Waals surface area (Å²) in [5.74, 6) is -0.277. The highest BCUT2D eigenvalue weighted by Gasteiger charge is 2.21. The molecule has 0 aliphatic carbocycles.